The van der Waals surface area contributed by atoms with Crippen LogP contribution in [0.5, 0.6) is 0 Å². The molecule has 35 heavy (non-hydrogen) atoms. The van der Waals surface area contributed by atoms with Crippen LogP contribution in [0.4, 0.5) is 30.7 Å². The van der Waals surface area contributed by atoms with Crippen LogP contribution in [0.3, 0.4) is 0 Å². The fourth-order valence-electron chi connectivity index (χ4n) is 4.77. The molecule has 0 saturated carbocycles. The molecule has 2 aromatic rings. The van der Waals surface area contributed by atoms with Crippen molar-refractivity contribution >= 4 is 5.91 Å². The SMILES string of the molecule is O=C(c1cc(C(F)(F)F)cc(C(F)(F)F)c1)N1CC[C@@H](N2CCOCC2)[C@@H](c2ccc(F)cc2)C1. The molecule has 0 N–H and O–H groups in total. The Labute approximate surface area is 197 Å². The summed E-state index contributed by atoms with van der Waals surface area (Å²) < 4.78 is 98.6. The Morgan fingerprint density at radius 2 is 1.43 bits per heavy atom. The second-order valence-electron chi connectivity index (χ2n) is 8.71. The summed E-state index contributed by atoms with van der Waals surface area (Å²) in [4.78, 5) is 16.6. The number of carbonyl (C=O) groups excluding carboxylic acids is 1. The lowest BCUT2D eigenvalue weighted by molar-refractivity contribution is -0.143. The number of nitrogens with zero attached hydrogens (tertiary/aromatic N) is 2. The maximum atomic E-state index is 13.5. The van der Waals surface area contributed by atoms with Gasteiger partial charge in [0.15, 0.2) is 0 Å². The van der Waals surface area contributed by atoms with Gasteiger partial charge in [-0.2, -0.15) is 26.3 Å². The van der Waals surface area contributed by atoms with Crippen molar-refractivity contribution in [3.05, 3.63) is 70.5 Å². The van der Waals surface area contributed by atoms with E-state index in [4.69, 9.17) is 4.74 Å². The first kappa shape index (κ1) is 25.4. The van der Waals surface area contributed by atoms with E-state index < -0.39 is 40.8 Å². The molecule has 2 atom stereocenters. The highest BCUT2D eigenvalue weighted by molar-refractivity contribution is 5.95. The highest BCUT2D eigenvalue weighted by Crippen LogP contribution is 2.37. The summed E-state index contributed by atoms with van der Waals surface area (Å²) >= 11 is 0. The molecule has 2 heterocycles. The molecule has 0 aromatic heterocycles. The maximum Gasteiger partial charge on any atom is 0.416 e. The number of likely N-dealkylation sites (tertiary alicyclic amines) is 1. The summed E-state index contributed by atoms with van der Waals surface area (Å²) in [7, 11) is 0. The van der Waals surface area contributed by atoms with Crippen LogP contribution in [0.25, 0.3) is 0 Å². The van der Waals surface area contributed by atoms with Gasteiger partial charge in [0, 0.05) is 43.7 Å². The smallest absolute Gasteiger partial charge is 0.379 e. The van der Waals surface area contributed by atoms with E-state index in [2.05, 4.69) is 4.90 Å². The first-order valence-electron chi connectivity index (χ1n) is 11.1. The first-order valence-corrected chi connectivity index (χ1v) is 11.1. The molecule has 11 heteroatoms. The van der Waals surface area contributed by atoms with Crippen molar-refractivity contribution in [2.24, 2.45) is 0 Å². The van der Waals surface area contributed by atoms with Gasteiger partial charge in [-0.3, -0.25) is 9.69 Å². The van der Waals surface area contributed by atoms with Crippen molar-refractivity contribution in [3.63, 3.8) is 0 Å². The molecule has 0 radical (unpaired) electrons. The third-order valence-electron chi connectivity index (χ3n) is 6.51. The molecule has 2 aliphatic heterocycles. The molecule has 2 aromatic carbocycles. The first-order chi connectivity index (χ1) is 16.4. The number of alkyl halides is 6. The summed E-state index contributed by atoms with van der Waals surface area (Å²) in [6, 6.07) is 6.63. The van der Waals surface area contributed by atoms with Crippen molar-refractivity contribution in [1.82, 2.24) is 9.80 Å². The number of ether oxygens (including phenoxy) is 1. The van der Waals surface area contributed by atoms with Gasteiger partial charge in [0.05, 0.1) is 24.3 Å². The van der Waals surface area contributed by atoms with Gasteiger partial charge in [-0.25, -0.2) is 4.39 Å². The highest BCUT2D eigenvalue weighted by Gasteiger charge is 2.40. The van der Waals surface area contributed by atoms with E-state index in [1.807, 2.05) is 0 Å². The lowest BCUT2D eigenvalue weighted by Gasteiger charge is -2.45. The number of hydrogen-bond donors (Lipinski definition) is 0. The van der Waals surface area contributed by atoms with Crippen LogP contribution in [0, 0.1) is 5.82 Å². The van der Waals surface area contributed by atoms with E-state index >= 15 is 0 Å². The minimum atomic E-state index is -5.05. The fraction of sp³-hybridized carbons (Fsp3) is 0.458. The molecule has 2 fully saturated rings. The van der Waals surface area contributed by atoms with Crippen LogP contribution in [-0.2, 0) is 17.1 Å². The van der Waals surface area contributed by atoms with Crippen LogP contribution in [0.15, 0.2) is 42.5 Å². The molecule has 0 aliphatic carbocycles. The van der Waals surface area contributed by atoms with Crippen LogP contribution in [0.1, 0.15) is 39.4 Å². The van der Waals surface area contributed by atoms with Crippen LogP contribution < -0.4 is 0 Å². The Kier molecular flexibility index (Phi) is 7.10. The average molecular weight is 504 g/mol. The summed E-state index contributed by atoms with van der Waals surface area (Å²) in [5.74, 6) is -1.66. The van der Waals surface area contributed by atoms with E-state index in [1.54, 1.807) is 12.1 Å². The predicted octanol–water partition coefficient (Wildman–Crippen LogP) is 5.19. The van der Waals surface area contributed by atoms with Gasteiger partial charge >= 0.3 is 12.4 Å². The number of benzene rings is 2. The highest BCUT2D eigenvalue weighted by atomic mass is 19.4. The zero-order chi connectivity index (χ0) is 25.4. The molecule has 2 saturated heterocycles. The zero-order valence-electron chi connectivity index (χ0n) is 18.5. The number of amides is 1. The molecule has 4 nitrogen and oxygen atoms in total. The largest absolute Gasteiger partial charge is 0.416 e. The molecule has 190 valence electrons. The molecule has 4 rings (SSSR count). The van der Waals surface area contributed by atoms with Gasteiger partial charge in [-0.05, 0) is 42.3 Å². The molecule has 0 spiro atoms. The summed E-state index contributed by atoms with van der Waals surface area (Å²) in [6.45, 7) is 2.59. The predicted molar refractivity (Wildman–Crippen MR) is 112 cm³/mol. The lowest BCUT2D eigenvalue weighted by Crippen LogP contribution is -2.54. The van der Waals surface area contributed by atoms with E-state index in [9.17, 15) is 35.5 Å². The van der Waals surface area contributed by atoms with Gasteiger partial charge < -0.3 is 9.64 Å². The summed E-state index contributed by atoms with van der Waals surface area (Å²) in [5.41, 5.74) is -3.00. The third kappa shape index (κ3) is 5.78. The Balaban J connectivity index is 1.65. The number of rotatable bonds is 3. The lowest BCUT2D eigenvalue weighted by atomic mass is 9.84. The van der Waals surface area contributed by atoms with Gasteiger partial charge in [-0.15, -0.1) is 0 Å². The molecular formula is C24H23F7N2O2. The van der Waals surface area contributed by atoms with Crippen molar-refractivity contribution in [2.75, 3.05) is 39.4 Å². The van der Waals surface area contributed by atoms with Crippen molar-refractivity contribution in [3.8, 4) is 0 Å². The fourth-order valence-corrected chi connectivity index (χ4v) is 4.77. The summed E-state index contributed by atoms with van der Waals surface area (Å²) in [5, 5.41) is 0. The molecule has 0 unspecified atom stereocenters. The van der Waals surface area contributed by atoms with E-state index in [0.29, 0.717) is 44.9 Å². The number of piperidine rings is 1. The normalized spacial score (nSPS) is 22.3. The maximum absolute atomic E-state index is 13.5. The number of morpholine rings is 1. The Hall–Kier alpha value is -2.66. The Bertz CT molecular complexity index is 1020. The van der Waals surface area contributed by atoms with Gasteiger partial charge in [0.2, 0.25) is 0 Å². The van der Waals surface area contributed by atoms with Crippen molar-refractivity contribution in [1.29, 1.82) is 0 Å². The topological polar surface area (TPSA) is 32.8 Å². The molecule has 2 aliphatic rings. The molecule has 1 amide bonds. The second kappa shape index (κ2) is 9.77. The van der Waals surface area contributed by atoms with Crippen molar-refractivity contribution < 1.29 is 40.3 Å². The van der Waals surface area contributed by atoms with Crippen LogP contribution >= 0.6 is 0 Å². The Morgan fingerprint density at radius 1 is 0.857 bits per heavy atom. The van der Waals surface area contributed by atoms with E-state index in [0.717, 1.165) is 5.56 Å². The third-order valence-corrected chi connectivity index (χ3v) is 6.51. The number of hydrogen-bond acceptors (Lipinski definition) is 3. The van der Waals surface area contributed by atoms with Crippen LogP contribution in [0.2, 0.25) is 0 Å². The van der Waals surface area contributed by atoms with E-state index in [1.165, 1.54) is 17.0 Å². The van der Waals surface area contributed by atoms with Gasteiger partial charge in [0.25, 0.3) is 5.91 Å². The standard InChI is InChI=1S/C24H23F7N2O2/c25-19-3-1-15(2-4-19)20-14-33(6-5-21(20)32-7-9-35-10-8-32)22(34)16-11-17(23(26,27)28)13-18(12-16)24(29,30)31/h1-4,11-13,20-21H,5-10,14H2/t20-,21-/m1/s1. The monoisotopic (exact) mass is 504 g/mol. The summed E-state index contributed by atoms with van der Waals surface area (Å²) in [6.07, 6.45) is -9.63. The average Bonchev–Trinajstić information content (AvgIpc) is 2.83. The van der Waals surface area contributed by atoms with Crippen LogP contribution in [-0.4, -0.2) is 61.1 Å². The van der Waals surface area contributed by atoms with E-state index in [-0.39, 0.29) is 31.1 Å². The quantitative estimate of drug-likeness (QED) is 0.540. The van der Waals surface area contributed by atoms with Crippen molar-refractivity contribution in [2.45, 2.75) is 30.7 Å². The van der Waals surface area contributed by atoms with Gasteiger partial charge in [-0.1, -0.05) is 12.1 Å². The zero-order valence-corrected chi connectivity index (χ0v) is 18.5. The Morgan fingerprint density at radius 3 is 1.97 bits per heavy atom. The second-order valence-corrected chi connectivity index (χ2v) is 8.71. The molecule has 0 bridgehead atoms. The number of carbonyl (C=O) groups is 1. The van der Waals surface area contributed by atoms with Gasteiger partial charge in [0.1, 0.15) is 5.82 Å². The minimum Gasteiger partial charge on any atom is -0.379 e. The minimum absolute atomic E-state index is 0.00274. The molecular weight excluding hydrogens is 481 g/mol. The number of halogens is 7.